The van der Waals surface area contributed by atoms with Crippen LogP contribution in [0.25, 0.3) is 0 Å². The lowest BCUT2D eigenvalue weighted by Crippen LogP contribution is -2.11. The molecule has 2 aromatic rings. The van der Waals surface area contributed by atoms with Crippen molar-refractivity contribution < 1.29 is 4.79 Å². The van der Waals surface area contributed by atoms with Gasteiger partial charge in [-0.15, -0.1) is 11.3 Å². The van der Waals surface area contributed by atoms with E-state index < -0.39 is 0 Å². The van der Waals surface area contributed by atoms with E-state index in [0.717, 1.165) is 21.1 Å². The van der Waals surface area contributed by atoms with Gasteiger partial charge >= 0.3 is 0 Å². The van der Waals surface area contributed by atoms with Crippen molar-refractivity contribution in [3.05, 3.63) is 38.3 Å². The van der Waals surface area contributed by atoms with Gasteiger partial charge in [0.25, 0.3) is 0 Å². The molecule has 0 fully saturated rings. The summed E-state index contributed by atoms with van der Waals surface area (Å²) < 4.78 is 1.66. The number of Topliss-reactive ketones (excluding diaryl/α,β-unsaturated/α-hetero) is 1. The lowest BCUT2D eigenvalue weighted by atomic mass is 10.3. The van der Waals surface area contributed by atoms with Crippen molar-refractivity contribution in [2.45, 2.75) is 27.3 Å². The third kappa shape index (κ3) is 2.42. The van der Waals surface area contributed by atoms with E-state index >= 15 is 0 Å². The molecule has 90 valence electrons. The zero-order valence-electron chi connectivity index (χ0n) is 9.95. The lowest BCUT2D eigenvalue weighted by molar-refractivity contribution is 0.0970. The molecular weight excluding hydrogens is 256 g/mol. The number of ketones is 1. The Kier molecular flexibility index (Phi) is 3.35. The highest BCUT2D eigenvalue weighted by molar-refractivity contribution is 7.14. The Morgan fingerprint density at radius 1 is 1.41 bits per heavy atom. The highest BCUT2D eigenvalue weighted by Crippen LogP contribution is 2.20. The van der Waals surface area contributed by atoms with Gasteiger partial charge in [-0.2, -0.15) is 5.10 Å². The third-order valence-corrected chi connectivity index (χ3v) is 4.19. The molecule has 5 heteroatoms. The number of aryl methyl sites for hydroxylation is 2. The van der Waals surface area contributed by atoms with Crippen molar-refractivity contribution in [1.82, 2.24) is 9.78 Å². The highest BCUT2D eigenvalue weighted by Gasteiger charge is 2.14. The zero-order chi connectivity index (χ0) is 12.6. The van der Waals surface area contributed by atoms with Crippen molar-refractivity contribution in [3.63, 3.8) is 0 Å². The first-order valence-electron chi connectivity index (χ1n) is 5.28. The molecule has 17 heavy (non-hydrogen) atoms. The molecule has 0 saturated carbocycles. The summed E-state index contributed by atoms with van der Waals surface area (Å²) >= 11 is 7.55. The molecule has 0 aliphatic heterocycles. The fraction of sp³-hybridized carbons (Fsp3) is 0.333. The second-order valence-electron chi connectivity index (χ2n) is 3.98. The summed E-state index contributed by atoms with van der Waals surface area (Å²) in [4.78, 5) is 13.9. The predicted molar refractivity (Wildman–Crippen MR) is 70.1 cm³/mol. The Morgan fingerprint density at radius 3 is 2.59 bits per heavy atom. The normalized spacial score (nSPS) is 10.8. The summed E-state index contributed by atoms with van der Waals surface area (Å²) in [7, 11) is 0. The van der Waals surface area contributed by atoms with Crippen molar-refractivity contribution in [2.75, 3.05) is 0 Å². The average Bonchev–Trinajstić information content (AvgIpc) is 2.80. The first kappa shape index (κ1) is 12.3. The van der Waals surface area contributed by atoms with Crippen molar-refractivity contribution in [2.24, 2.45) is 0 Å². The van der Waals surface area contributed by atoms with Crippen LogP contribution in [0.2, 0.25) is 5.02 Å². The first-order valence-corrected chi connectivity index (χ1v) is 6.47. The van der Waals surface area contributed by atoms with Gasteiger partial charge in [-0.05, 0) is 32.9 Å². The van der Waals surface area contributed by atoms with Gasteiger partial charge in [-0.25, -0.2) is 0 Å². The standard InChI is InChI=1S/C12H13ClN2OS/c1-7-4-5-11(17-7)10(16)6-15-9(3)12(13)8(2)14-15/h4-5H,6H2,1-3H3. The molecule has 2 rings (SSSR count). The maximum atomic E-state index is 12.0. The number of carbonyl (C=O) groups excluding carboxylic acids is 1. The Balaban J connectivity index is 2.21. The van der Waals surface area contributed by atoms with Crippen LogP contribution >= 0.6 is 22.9 Å². The van der Waals surface area contributed by atoms with Crippen LogP contribution in [-0.2, 0) is 6.54 Å². The van der Waals surface area contributed by atoms with Crippen molar-refractivity contribution >= 4 is 28.7 Å². The summed E-state index contributed by atoms with van der Waals surface area (Å²) in [6.07, 6.45) is 0. The minimum absolute atomic E-state index is 0.0744. The minimum atomic E-state index is 0.0744. The van der Waals surface area contributed by atoms with Crippen LogP contribution in [0.1, 0.15) is 25.9 Å². The maximum absolute atomic E-state index is 12.0. The van der Waals surface area contributed by atoms with E-state index in [1.807, 2.05) is 32.9 Å². The maximum Gasteiger partial charge on any atom is 0.194 e. The smallest absolute Gasteiger partial charge is 0.194 e. The molecule has 3 nitrogen and oxygen atoms in total. The quantitative estimate of drug-likeness (QED) is 0.800. The van der Waals surface area contributed by atoms with Gasteiger partial charge in [-0.1, -0.05) is 11.6 Å². The number of carbonyl (C=O) groups is 1. The molecule has 2 heterocycles. The Bertz CT molecular complexity index is 571. The molecule has 0 atom stereocenters. The SMILES string of the molecule is Cc1ccc(C(=O)Cn2nc(C)c(Cl)c2C)s1. The van der Waals surface area contributed by atoms with Crippen molar-refractivity contribution in [1.29, 1.82) is 0 Å². The number of thiophene rings is 1. The molecular formula is C12H13ClN2OS. The molecule has 0 aliphatic carbocycles. The van der Waals surface area contributed by atoms with Gasteiger partial charge in [0.1, 0.15) is 6.54 Å². The zero-order valence-corrected chi connectivity index (χ0v) is 11.5. The molecule has 0 bridgehead atoms. The topological polar surface area (TPSA) is 34.9 Å². The summed E-state index contributed by atoms with van der Waals surface area (Å²) in [5, 5.41) is 4.89. The Labute approximate surface area is 109 Å². The number of rotatable bonds is 3. The van der Waals surface area contributed by atoms with Gasteiger partial charge in [0, 0.05) is 4.88 Å². The summed E-state index contributed by atoms with van der Waals surface area (Å²) in [6, 6.07) is 3.81. The van der Waals surface area contributed by atoms with E-state index in [9.17, 15) is 4.79 Å². The number of hydrogen-bond donors (Lipinski definition) is 0. The molecule has 0 N–H and O–H groups in total. The van der Waals surface area contributed by atoms with Gasteiger partial charge in [-0.3, -0.25) is 9.48 Å². The van der Waals surface area contributed by atoms with Gasteiger partial charge in [0.15, 0.2) is 5.78 Å². The molecule has 0 radical (unpaired) electrons. The predicted octanol–water partition coefficient (Wildman–Crippen LogP) is 3.41. The van der Waals surface area contributed by atoms with E-state index in [4.69, 9.17) is 11.6 Å². The van der Waals surface area contributed by atoms with Crippen LogP contribution < -0.4 is 0 Å². The Morgan fingerprint density at radius 2 is 2.12 bits per heavy atom. The fourth-order valence-corrected chi connectivity index (χ4v) is 2.56. The molecule has 0 spiro atoms. The molecule has 0 amide bonds. The summed E-state index contributed by atoms with van der Waals surface area (Å²) in [5.41, 5.74) is 1.60. The monoisotopic (exact) mass is 268 g/mol. The second-order valence-corrected chi connectivity index (χ2v) is 5.64. The van der Waals surface area contributed by atoms with Crippen LogP contribution in [0.5, 0.6) is 0 Å². The number of aromatic nitrogens is 2. The van der Waals surface area contributed by atoms with Gasteiger partial charge in [0.2, 0.25) is 0 Å². The van der Waals surface area contributed by atoms with Crippen LogP contribution in [0, 0.1) is 20.8 Å². The average molecular weight is 269 g/mol. The van der Waals surface area contributed by atoms with E-state index in [0.29, 0.717) is 5.02 Å². The summed E-state index contributed by atoms with van der Waals surface area (Å²) in [5.74, 6) is 0.0744. The highest BCUT2D eigenvalue weighted by atomic mass is 35.5. The fourth-order valence-electron chi connectivity index (χ4n) is 1.63. The van der Waals surface area contributed by atoms with Crippen LogP contribution in [0.15, 0.2) is 12.1 Å². The van der Waals surface area contributed by atoms with Gasteiger partial charge < -0.3 is 0 Å². The van der Waals surface area contributed by atoms with Crippen molar-refractivity contribution in [3.8, 4) is 0 Å². The lowest BCUT2D eigenvalue weighted by Gasteiger charge is -2.01. The van der Waals surface area contributed by atoms with Crippen LogP contribution in [0.3, 0.4) is 0 Å². The largest absolute Gasteiger partial charge is 0.291 e. The van der Waals surface area contributed by atoms with E-state index in [1.54, 1.807) is 4.68 Å². The third-order valence-electron chi connectivity index (χ3n) is 2.60. The molecule has 2 aromatic heterocycles. The van der Waals surface area contributed by atoms with Crippen LogP contribution in [-0.4, -0.2) is 15.6 Å². The van der Waals surface area contributed by atoms with Crippen LogP contribution in [0.4, 0.5) is 0 Å². The van der Waals surface area contributed by atoms with Gasteiger partial charge in [0.05, 0.1) is 21.3 Å². The van der Waals surface area contributed by atoms with E-state index in [2.05, 4.69) is 5.10 Å². The molecule has 0 aromatic carbocycles. The second kappa shape index (κ2) is 4.63. The number of halogens is 1. The molecule has 0 aliphatic rings. The van der Waals surface area contributed by atoms with E-state index in [-0.39, 0.29) is 12.3 Å². The Hall–Kier alpha value is -1.13. The first-order chi connectivity index (χ1) is 7.99. The minimum Gasteiger partial charge on any atom is -0.291 e. The number of nitrogens with zero attached hydrogens (tertiary/aromatic N) is 2. The molecule has 0 saturated heterocycles. The van der Waals surface area contributed by atoms with E-state index in [1.165, 1.54) is 11.3 Å². The summed E-state index contributed by atoms with van der Waals surface area (Å²) in [6.45, 7) is 5.95. The molecule has 0 unspecified atom stereocenters. The number of hydrogen-bond acceptors (Lipinski definition) is 3.